The van der Waals surface area contributed by atoms with E-state index in [1.165, 1.54) is 4.90 Å². The van der Waals surface area contributed by atoms with E-state index in [-0.39, 0.29) is 35.5 Å². The van der Waals surface area contributed by atoms with E-state index in [0.717, 1.165) is 6.42 Å². The maximum Gasteiger partial charge on any atom is 0.238 e. The van der Waals surface area contributed by atoms with E-state index in [2.05, 4.69) is 12.2 Å². The van der Waals surface area contributed by atoms with E-state index in [9.17, 15) is 14.7 Å². The molecule has 2 aliphatic carbocycles. The number of imide groups is 1. The van der Waals surface area contributed by atoms with Crippen LogP contribution in [0.4, 0.5) is 5.69 Å². The first-order valence-corrected chi connectivity index (χ1v) is 7.42. The van der Waals surface area contributed by atoms with Gasteiger partial charge < -0.3 is 5.11 Å². The predicted octanol–water partition coefficient (Wildman–Crippen LogP) is 2.05. The molecule has 4 rings (SSSR count). The van der Waals surface area contributed by atoms with Crippen molar-refractivity contribution in [2.24, 2.45) is 23.7 Å². The summed E-state index contributed by atoms with van der Waals surface area (Å²) in [4.78, 5) is 26.8. The number of carbonyl (C=O) groups excluding carboxylic acids is 2. The Morgan fingerprint density at radius 3 is 2.24 bits per heavy atom. The molecule has 1 aromatic rings. The molecule has 1 aliphatic heterocycles. The minimum absolute atomic E-state index is 0.102. The van der Waals surface area contributed by atoms with Crippen LogP contribution >= 0.6 is 0 Å². The number of nitrogens with zero attached hydrogens (tertiary/aromatic N) is 1. The number of hydrogen-bond donors (Lipinski definition) is 1. The Hall–Kier alpha value is -1.94. The van der Waals surface area contributed by atoms with E-state index in [1.54, 1.807) is 25.1 Å². The summed E-state index contributed by atoms with van der Waals surface area (Å²) >= 11 is 0. The summed E-state index contributed by atoms with van der Waals surface area (Å²) in [7, 11) is 0. The molecule has 1 saturated carbocycles. The first kappa shape index (κ1) is 12.8. The van der Waals surface area contributed by atoms with Crippen molar-refractivity contribution >= 4 is 17.5 Å². The second-order valence-corrected chi connectivity index (χ2v) is 6.25. The number of aliphatic hydroxyl groups excluding tert-OH is 1. The summed E-state index contributed by atoms with van der Waals surface area (Å²) in [5, 5.41) is 9.90. The van der Waals surface area contributed by atoms with Gasteiger partial charge in [-0.3, -0.25) is 9.59 Å². The predicted molar refractivity (Wildman–Crippen MR) is 77.3 cm³/mol. The number of allylic oxidation sites excluding steroid dienone is 2. The van der Waals surface area contributed by atoms with Crippen molar-refractivity contribution in [2.45, 2.75) is 19.4 Å². The minimum Gasteiger partial charge on any atom is -0.389 e. The number of rotatable bonds is 2. The molecule has 2 fully saturated rings. The van der Waals surface area contributed by atoms with Gasteiger partial charge in [0.2, 0.25) is 11.8 Å². The molecule has 2 amide bonds. The number of para-hydroxylation sites is 1. The van der Waals surface area contributed by atoms with Crippen molar-refractivity contribution in [3.63, 3.8) is 0 Å². The maximum atomic E-state index is 12.8. The Kier molecular flexibility index (Phi) is 2.60. The van der Waals surface area contributed by atoms with Crippen molar-refractivity contribution in [3.05, 3.63) is 42.0 Å². The highest BCUT2D eigenvalue weighted by atomic mass is 16.3. The Bertz CT molecular complexity index is 634. The van der Waals surface area contributed by atoms with E-state index in [0.29, 0.717) is 11.3 Å². The third-order valence-electron chi connectivity index (χ3n) is 5.10. The zero-order valence-corrected chi connectivity index (χ0v) is 11.8. The third kappa shape index (κ3) is 1.59. The average molecular weight is 283 g/mol. The summed E-state index contributed by atoms with van der Waals surface area (Å²) in [5.41, 5.74) is 1.16. The lowest BCUT2D eigenvalue weighted by molar-refractivity contribution is -0.123. The van der Waals surface area contributed by atoms with Crippen molar-refractivity contribution < 1.29 is 14.7 Å². The highest BCUT2D eigenvalue weighted by Gasteiger charge is 2.59. The Morgan fingerprint density at radius 2 is 1.67 bits per heavy atom. The summed E-state index contributed by atoms with van der Waals surface area (Å²) in [6.07, 6.45) is 4.39. The van der Waals surface area contributed by atoms with Crippen molar-refractivity contribution in [1.29, 1.82) is 0 Å². The molecule has 1 N–H and O–H groups in total. The molecule has 2 bridgehead atoms. The van der Waals surface area contributed by atoms with Gasteiger partial charge in [-0.1, -0.05) is 30.4 Å². The summed E-state index contributed by atoms with van der Waals surface area (Å²) in [6.45, 7) is 1.65. The van der Waals surface area contributed by atoms with Gasteiger partial charge in [0, 0.05) is 5.56 Å². The third-order valence-corrected chi connectivity index (χ3v) is 5.10. The normalized spacial score (nSPS) is 34.7. The van der Waals surface area contributed by atoms with Gasteiger partial charge in [0.25, 0.3) is 0 Å². The Balaban J connectivity index is 1.78. The van der Waals surface area contributed by atoms with Crippen LogP contribution in [0.5, 0.6) is 0 Å². The van der Waals surface area contributed by atoms with Crippen LogP contribution in [-0.2, 0) is 9.59 Å². The monoisotopic (exact) mass is 283 g/mol. The lowest BCUT2D eigenvalue weighted by Gasteiger charge is -2.21. The maximum absolute atomic E-state index is 12.8. The lowest BCUT2D eigenvalue weighted by Crippen LogP contribution is -2.33. The second kappa shape index (κ2) is 4.28. The van der Waals surface area contributed by atoms with E-state index in [1.807, 2.05) is 6.07 Å². The fourth-order valence-electron chi connectivity index (χ4n) is 4.18. The van der Waals surface area contributed by atoms with Gasteiger partial charge in [0.1, 0.15) is 0 Å². The zero-order chi connectivity index (χ0) is 14.7. The molecule has 1 saturated heterocycles. The molecule has 1 aromatic carbocycles. The number of anilines is 1. The molecule has 108 valence electrons. The molecule has 0 radical (unpaired) electrons. The highest BCUT2D eigenvalue weighted by Crippen LogP contribution is 2.53. The molecule has 0 aromatic heterocycles. The number of carbonyl (C=O) groups is 2. The van der Waals surface area contributed by atoms with Crippen LogP contribution in [0.1, 0.15) is 25.0 Å². The molecule has 5 atom stereocenters. The largest absolute Gasteiger partial charge is 0.389 e. The molecule has 0 spiro atoms. The lowest BCUT2D eigenvalue weighted by atomic mass is 9.85. The zero-order valence-electron chi connectivity index (χ0n) is 11.8. The first-order valence-electron chi connectivity index (χ1n) is 7.42. The fourth-order valence-corrected chi connectivity index (χ4v) is 4.18. The SMILES string of the molecule is CC(O)c1ccccc1N1C(=O)C2C3C=CC(C3)C2C1=O. The number of aliphatic hydroxyl groups is 1. The van der Waals surface area contributed by atoms with Crippen LogP contribution in [0.2, 0.25) is 0 Å². The number of amides is 2. The van der Waals surface area contributed by atoms with Gasteiger partial charge in [-0.2, -0.15) is 0 Å². The van der Waals surface area contributed by atoms with Crippen LogP contribution in [0.3, 0.4) is 0 Å². The smallest absolute Gasteiger partial charge is 0.238 e. The van der Waals surface area contributed by atoms with Crippen LogP contribution in [-0.4, -0.2) is 16.9 Å². The highest BCUT2D eigenvalue weighted by molar-refractivity contribution is 6.23. The molecule has 4 nitrogen and oxygen atoms in total. The molecular weight excluding hydrogens is 266 g/mol. The fraction of sp³-hybridized carbons (Fsp3) is 0.412. The van der Waals surface area contributed by atoms with E-state index < -0.39 is 6.10 Å². The molecule has 21 heavy (non-hydrogen) atoms. The second-order valence-electron chi connectivity index (χ2n) is 6.25. The topological polar surface area (TPSA) is 57.6 Å². The molecule has 3 aliphatic rings. The molecule has 1 heterocycles. The number of benzene rings is 1. The van der Waals surface area contributed by atoms with Gasteiger partial charge in [0.15, 0.2) is 0 Å². The van der Waals surface area contributed by atoms with Crippen molar-refractivity contribution in [3.8, 4) is 0 Å². The summed E-state index contributed by atoms with van der Waals surface area (Å²) in [5.74, 6) is -0.186. The average Bonchev–Trinajstić information content (AvgIpc) is 3.13. The van der Waals surface area contributed by atoms with E-state index in [4.69, 9.17) is 0 Å². The molecule has 4 heteroatoms. The Labute approximate surface area is 123 Å². The number of hydrogen-bond acceptors (Lipinski definition) is 3. The molecular formula is C17H17NO3. The quantitative estimate of drug-likeness (QED) is 0.667. The van der Waals surface area contributed by atoms with Gasteiger partial charge >= 0.3 is 0 Å². The van der Waals surface area contributed by atoms with Crippen molar-refractivity contribution in [1.82, 2.24) is 0 Å². The first-order chi connectivity index (χ1) is 10.1. The summed E-state index contributed by atoms with van der Waals surface area (Å²) < 4.78 is 0. The summed E-state index contributed by atoms with van der Waals surface area (Å²) in [6, 6.07) is 7.11. The Morgan fingerprint density at radius 1 is 1.10 bits per heavy atom. The minimum atomic E-state index is -0.711. The molecule has 5 unspecified atom stereocenters. The van der Waals surface area contributed by atoms with Crippen LogP contribution in [0, 0.1) is 23.7 Å². The van der Waals surface area contributed by atoms with E-state index >= 15 is 0 Å². The van der Waals surface area contributed by atoms with Gasteiger partial charge in [0.05, 0.1) is 23.6 Å². The van der Waals surface area contributed by atoms with Gasteiger partial charge in [-0.05, 0) is 31.2 Å². The van der Waals surface area contributed by atoms with Crippen LogP contribution in [0.15, 0.2) is 36.4 Å². The van der Waals surface area contributed by atoms with Crippen LogP contribution in [0.25, 0.3) is 0 Å². The van der Waals surface area contributed by atoms with Gasteiger partial charge in [-0.25, -0.2) is 4.90 Å². The van der Waals surface area contributed by atoms with Gasteiger partial charge in [-0.15, -0.1) is 0 Å². The number of fused-ring (bicyclic) bond motifs is 5. The standard InChI is InChI=1S/C17H17NO3/c1-9(19)12-4-2-3-5-13(12)18-16(20)14-10-6-7-11(8-10)15(14)17(18)21/h2-7,9-11,14-15,19H,8H2,1H3. The van der Waals surface area contributed by atoms with Crippen LogP contribution < -0.4 is 4.90 Å². The van der Waals surface area contributed by atoms with Crippen molar-refractivity contribution in [2.75, 3.05) is 4.90 Å².